The molecule has 1 heterocycles. The van der Waals surface area contributed by atoms with Crippen molar-refractivity contribution in [2.45, 2.75) is 0 Å². The first-order valence-corrected chi connectivity index (χ1v) is 17.1. The molecular formula is C48H31NO. The number of benzene rings is 9. The Labute approximate surface area is 290 Å². The molecule has 0 amide bonds. The Balaban J connectivity index is 1.13. The molecule has 10 rings (SSSR count). The lowest BCUT2D eigenvalue weighted by molar-refractivity contribution is 0.670. The van der Waals surface area contributed by atoms with Crippen LogP contribution >= 0.6 is 0 Å². The number of nitrogens with zero attached hydrogens (tertiary/aromatic N) is 1. The standard InChI is InChI=1S/C48H31NO/c1-4-18-39-33(12-1)14-10-24-45(39)49(46-31-36-13-2-3-17-38(36)41-19-5-6-20-42(41)46)37-16-9-15-35(30-37)32-26-28-34(29-27-32)40-22-11-23-44-43-21-7-8-25-47(43)50-48(40)44/h1-31H. The number of furan rings is 1. The Morgan fingerprint density at radius 1 is 0.340 bits per heavy atom. The van der Waals surface area contributed by atoms with Crippen molar-refractivity contribution in [2.75, 3.05) is 4.90 Å². The Morgan fingerprint density at radius 3 is 1.82 bits per heavy atom. The van der Waals surface area contributed by atoms with Gasteiger partial charge in [0.25, 0.3) is 0 Å². The summed E-state index contributed by atoms with van der Waals surface area (Å²) in [4.78, 5) is 2.44. The van der Waals surface area contributed by atoms with Gasteiger partial charge in [0.1, 0.15) is 11.2 Å². The largest absolute Gasteiger partial charge is 0.455 e. The van der Waals surface area contributed by atoms with E-state index in [-0.39, 0.29) is 0 Å². The van der Waals surface area contributed by atoms with Crippen LogP contribution in [-0.2, 0) is 0 Å². The molecule has 50 heavy (non-hydrogen) atoms. The summed E-state index contributed by atoms with van der Waals surface area (Å²) < 4.78 is 6.36. The molecule has 2 heteroatoms. The molecule has 0 aliphatic carbocycles. The van der Waals surface area contributed by atoms with Crippen LogP contribution in [0, 0.1) is 0 Å². The molecule has 0 N–H and O–H groups in total. The summed E-state index contributed by atoms with van der Waals surface area (Å²) in [6.07, 6.45) is 0. The minimum atomic E-state index is 0.915. The van der Waals surface area contributed by atoms with Crippen molar-refractivity contribution in [3.8, 4) is 22.3 Å². The Bertz CT molecular complexity index is 2870. The van der Waals surface area contributed by atoms with Gasteiger partial charge in [-0.15, -0.1) is 0 Å². The fourth-order valence-corrected chi connectivity index (χ4v) is 7.67. The topological polar surface area (TPSA) is 16.4 Å². The van der Waals surface area contributed by atoms with Crippen LogP contribution in [0.4, 0.5) is 17.1 Å². The van der Waals surface area contributed by atoms with Crippen LogP contribution in [-0.4, -0.2) is 0 Å². The van der Waals surface area contributed by atoms with Gasteiger partial charge in [0, 0.05) is 32.8 Å². The minimum absolute atomic E-state index is 0.915. The molecular weight excluding hydrogens is 607 g/mol. The lowest BCUT2D eigenvalue weighted by Crippen LogP contribution is -2.11. The number of rotatable bonds is 5. The Morgan fingerprint density at radius 2 is 0.960 bits per heavy atom. The van der Waals surface area contributed by atoms with Gasteiger partial charge < -0.3 is 9.32 Å². The average Bonchev–Trinajstić information content (AvgIpc) is 3.57. The maximum absolute atomic E-state index is 6.36. The van der Waals surface area contributed by atoms with Gasteiger partial charge in [0.2, 0.25) is 0 Å². The fraction of sp³-hybridized carbons (Fsp3) is 0. The van der Waals surface area contributed by atoms with Gasteiger partial charge in [-0.3, -0.25) is 0 Å². The zero-order valence-electron chi connectivity index (χ0n) is 27.3. The summed E-state index contributed by atoms with van der Waals surface area (Å²) >= 11 is 0. The van der Waals surface area contributed by atoms with Crippen molar-refractivity contribution in [3.63, 3.8) is 0 Å². The van der Waals surface area contributed by atoms with E-state index in [1.165, 1.54) is 32.3 Å². The van der Waals surface area contributed by atoms with Gasteiger partial charge in [0.05, 0.1) is 11.4 Å². The number of anilines is 3. The lowest BCUT2D eigenvalue weighted by atomic mass is 9.97. The third kappa shape index (κ3) is 4.57. The molecule has 0 aliphatic rings. The predicted octanol–water partition coefficient (Wildman–Crippen LogP) is 13.8. The molecule has 0 atom stereocenters. The van der Waals surface area contributed by atoms with Crippen LogP contribution in [0.5, 0.6) is 0 Å². The summed E-state index contributed by atoms with van der Waals surface area (Å²) in [6.45, 7) is 0. The second-order valence-corrected chi connectivity index (χ2v) is 12.9. The van der Waals surface area contributed by atoms with Gasteiger partial charge in [-0.05, 0) is 68.6 Å². The van der Waals surface area contributed by atoms with E-state index in [9.17, 15) is 0 Å². The van der Waals surface area contributed by atoms with Crippen LogP contribution in [0.3, 0.4) is 0 Å². The highest BCUT2D eigenvalue weighted by Crippen LogP contribution is 2.45. The van der Waals surface area contributed by atoms with E-state index in [0.717, 1.165) is 61.3 Å². The van der Waals surface area contributed by atoms with E-state index in [1.54, 1.807) is 0 Å². The Hall–Kier alpha value is -6.64. The first kappa shape index (κ1) is 28.4. The third-order valence-corrected chi connectivity index (χ3v) is 10.0. The van der Waals surface area contributed by atoms with E-state index >= 15 is 0 Å². The summed E-state index contributed by atoms with van der Waals surface area (Å²) in [5.74, 6) is 0. The molecule has 9 aromatic carbocycles. The molecule has 0 spiro atoms. The van der Waals surface area contributed by atoms with Crippen molar-refractivity contribution in [3.05, 3.63) is 188 Å². The molecule has 0 radical (unpaired) electrons. The van der Waals surface area contributed by atoms with E-state index in [4.69, 9.17) is 4.42 Å². The van der Waals surface area contributed by atoms with Gasteiger partial charge in [-0.2, -0.15) is 0 Å². The smallest absolute Gasteiger partial charge is 0.143 e. The summed E-state index contributed by atoms with van der Waals surface area (Å²) in [6, 6.07) is 67.6. The highest BCUT2D eigenvalue weighted by atomic mass is 16.3. The second-order valence-electron chi connectivity index (χ2n) is 12.9. The number of hydrogen-bond acceptors (Lipinski definition) is 2. The molecule has 0 saturated heterocycles. The van der Waals surface area contributed by atoms with Crippen LogP contribution in [0.15, 0.2) is 192 Å². The lowest BCUT2D eigenvalue weighted by Gasteiger charge is -2.29. The molecule has 10 aromatic rings. The van der Waals surface area contributed by atoms with Crippen molar-refractivity contribution in [1.82, 2.24) is 0 Å². The number of para-hydroxylation sites is 2. The van der Waals surface area contributed by atoms with Crippen molar-refractivity contribution in [2.24, 2.45) is 0 Å². The van der Waals surface area contributed by atoms with Gasteiger partial charge in [-0.1, -0.05) is 158 Å². The third-order valence-electron chi connectivity index (χ3n) is 10.0. The zero-order chi connectivity index (χ0) is 33.0. The number of hydrogen-bond donors (Lipinski definition) is 0. The van der Waals surface area contributed by atoms with E-state index < -0.39 is 0 Å². The molecule has 0 bridgehead atoms. The van der Waals surface area contributed by atoms with Gasteiger partial charge in [-0.25, -0.2) is 0 Å². The monoisotopic (exact) mass is 637 g/mol. The van der Waals surface area contributed by atoms with Gasteiger partial charge in [0.15, 0.2) is 0 Å². The summed E-state index contributed by atoms with van der Waals surface area (Å²) in [5.41, 5.74) is 9.81. The van der Waals surface area contributed by atoms with E-state index in [2.05, 4.69) is 181 Å². The first-order valence-electron chi connectivity index (χ1n) is 17.1. The fourth-order valence-electron chi connectivity index (χ4n) is 7.67. The Kier molecular flexibility index (Phi) is 6.53. The SMILES string of the molecule is c1cc(-c2ccc(-c3cccc4c3oc3ccccc34)cc2)cc(N(c2cccc3ccccc23)c2cc3ccccc3c3ccccc23)c1. The predicted molar refractivity (Wildman–Crippen MR) is 212 cm³/mol. The summed E-state index contributed by atoms with van der Waals surface area (Å²) in [5, 5.41) is 9.66. The maximum Gasteiger partial charge on any atom is 0.143 e. The van der Waals surface area contributed by atoms with E-state index in [0.29, 0.717) is 0 Å². The highest BCUT2D eigenvalue weighted by Gasteiger charge is 2.20. The molecule has 0 aliphatic heterocycles. The molecule has 0 fully saturated rings. The molecule has 0 saturated carbocycles. The quantitative estimate of drug-likeness (QED) is 0.175. The van der Waals surface area contributed by atoms with Crippen LogP contribution < -0.4 is 4.90 Å². The van der Waals surface area contributed by atoms with Crippen LogP contribution in [0.25, 0.3) is 76.5 Å². The van der Waals surface area contributed by atoms with Crippen molar-refractivity contribution >= 4 is 71.3 Å². The van der Waals surface area contributed by atoms with Crippen molar-refractivity contribution < 1.29 is 4.42 Å². The average molecular weight is 638 g/mol. The van der Waals surface area contributed by atoms with Crippen LogP contribution in [0.2, 0.25) is 0 Å². The first-order chi connectivity index (χ1) is 24.8. The molecule has 2 nitrogen and oxygen atoms in total. The highest BCUT2D eigenvalue weighted by molar-refractivity contribution is 6.16. The van der Waals surface area contributed by atoms with Crippen LogP contribution in [0.1, 0.15) is 0 Å². The maximum atomic E-state index is 6.36. The summed E-state index contributed by atoms with van der Waals surface area (Å²) in [7, 11) is 0. The van der Waals surface area contributed by atoms with Gasteiger partial charge >= 0.3 is 0 Å². The zero-order valence-corrected chi connectivity index (χ0v) is 27.3. The minimum Gasteiger partial charge on any atom is -0.455 e. The normalized spacial score (nSPS) is 11.6. The number of fused-ring (bicyclic) bond motifs is 7. The molecule has 0 unspecified atom stereocenters. The second kappa shape index (κ2) is 11.5. The van der Waals surface area contributed by atoms with Crippen molar-refractivity contribution in [1.29, 1.82) is 0 Å². The molecule has 1 aromatic heterocycles. The van der Waals surface area contributed by atoms with E-state index in [1.807, 2.05) is 12.1 Å². The molecule has 234 valence electrons.